The molecule has 0 saturated carbocycles. The Morgan fingerprint density at radius 1 is 1.30 bits per heavy atom. The van der Waals surface area contributed by atoms with Crippen molar-refractivity contribution in [2.45, 2.75) is 38.6 Å². The van der Waals surface area contributed by atoms with Crippen LogP contribution in [0.15, 0.2) is 24.3 Å². The third-order valence-corrected chi connectivity index (χ3v) is 6.00. The van der Waals surface area contributed by atoms with Crippen LogP contribution in [0.2, 0.25) is 0 Å². The van der Waals surface area contributed by atoms with Gasteiger partial charge in [0.2, 0.25) is 0 Å². The molecule has 0 aliphatic carbocycles. The minimum absolute atomic E-state index is 0.146. The summed E-state index contributed by atoms with van der Waals surface area (Å²) in [7, 11) is -0.901. The highest BCUT2D eigenvalue weighted by Gasteiger charge is 2.33. The largest absolute Gasteiger partial charge is 0.313 e. The Morgan fingerprint density at radius 2 is 2.00 bits per heavy atom. The van der Waals surface area contributed by atoms with Gasteiger partial charge in [-0.1, -0.05) is 37.6 Å². The van der Waals surface area contributed by atoms with E-state index in [4.69, 9.17) is 0 Å². The molecule has 0 aromatic heterocycles. The molecule has 2 atom stereocenters. The molecule has 0 amide bonds. The van der Waals surface area contributed by atoms with Crippen molar-refractivity contribution in [2.75, 3.05) is 18.6 Å². The van der Waals surface area contributed by atoms with Crippen LogP contribution >= 0.6 is 0 Å². The lowest BCUT2D eigenvalue weighted by molar-refractivity contribution is 0.418. The van der Waals surface area contributed by atoms with Crippen molar-refractivity contribution in [3.05, 3.63) is 35.4 Å². The van der Waals surface area contributed by atoms with Crippen molar-refractivity contribution in [1.82, 2.24) is 5.32 Å². The van der Waals surface area contributed by atoms with Gasteiger partial charge in [-0.2, -0.15) is 0 Å². The SMILES string of the molecule is CCCCc1ccc(C(NC)C2CCS(=O)(=O)C2)cc1. The molecule has 1 aromatic rings. The molecule has 1 aromatic carbocycles. The Kier molecular flexibility index (Phi) is 5.22. The lowest BCUT2D eigenvalue weighted by atomic mass is 9.92. The first kappa shape index (κ1) is 15.5. The number of hydrogen-bond acceptors (Lipinski definition) is 3. The molecule has 0 radical (unpaired) electrons. The summed E-state index contributed by atoms with van der Waals surface area (Å²) in [5, 5.41) is 3.30. The number of hydrogen-bond donors (Lipinski definition) is 1. The van der Waals surface area contributed by atoms with Gasteiger partial charge in [0.05, 0.1) is 11.5 Å². The fraction of sp³-hybridized carbons (Fsp3) is 0.625. The highest BCUT2D eigenvalue weighted by atomic mass is 32.2. The van der Waals surface area contributed by atoms with Gasteiger partial charge in [-0.3, -0.25) is 0 Å². The Hall–Kier alpha value is -0.870. The summed E-state index contributed by atoms with van der Waals surface area (Å²) in [6.45, 7) is 2.20. The number of sulfone groups is 1. The number of benzene rings is 1. The Bertz CT molecular complexity index is 522. The first-order valence-electron chi connectivity index (χ1n) is 7.52. The van der Waals surface area contributed by atoms with E-state index >= 15 is 0 Å². The normalized spacial score (nSPS) is 22.8. The molecular formula is C16H25NO2S. The smallest absolute Gasteiger partial charge is 0.150 e. The van der Waals surface area contributed by atoms with Crippen molar-refractivity contribution in [3.8, 4) is 0 Å². The van der Waals surface area contributed by atoms with Gasteiger partial charge in [-0.15, -0.1) is 0 Å². The summed E-state index contributed by atoms with van der Waals surface area (Å²) in [4.78, 5) is 0. The van der Waals surface area contributed by atoms with Gasteiger partial charge in [0.1, 0.15) is 0 Å². The maximum absolute atomic E-state index is 11.6. The predicted molar refractivity (Wildman–Crippen MR) is 83.6 cm³/mol. The van der Waals surface area contributed by atoms with Crippen molar-refractivity contribution in [2.24, 2.45) is 5.92 Å². The van der Waals surface area contributed by atoms with Gasteiger partial charge >= 0.3 is 0 Å². The Labute approximate surface area is 122 Å². The molecule has 1 aliphatic rings. The summed E-state index contributed by atoms with van der Waals surface area (Å²) in [6.07, 6.45) is 4.32. The van der Waals surface area contributed by atoms with Crippen molar-refractivity contribution >= 4 is 9.84 Å². The van der Waals surface area contributed by atoms with Gasteiger partial charge in [-0.25, -0.2) is 8.42 Å². The zero-order valence-electron chi connectivity index (χ0n) is 12.4. The fourth-order valence-electron chi connectivity index (χ4n) is 3.03. The number of unbranched alkanes of at least 4 members (excludes halogenated alkanes) is 1. The molecule has 1 aliphatic heterocycles. The van der Waals surface area contributed by atoms with Crippen LogP contribution in [0.4, 0.5) is 0 Å². The molecule has 3 nitrogen and oxygen atoms in total. The van der Waals surface area contributed by atoms with E-state index in [1.165, 1.54) is 24.0 Å². The van der Waals surface area contributed by atoms with E-state index in [9.17, 15) is 8.42 Å². The van der Waals surface area contributed by atoms with Gasteiger partial charge in [0.15, 0.2) is 9.84 Å². The summed E-state index contributed by atoms with van der Waals surface area (Å²) in [5.41, 5.74) is 2.57. The molecule has 2 rings (SSSR count). The van der Waals surface area contributed by atoms with Gasteiger partial charge in [0.25, 0.3) is 0 Å². The average Bonchev–Trinajstić information content (AvgIpc) is 2.79. The molecule has 0 spiro atoms. The molecular weight excluding hydrogens is 270 g/mol. The topological polar surface area (TPSA) is 46.2 Å². The quantitative estimate of drug-likeness (QED) is 0.878. The van der Waals surface area contributed by atoms with Crippen molar-refractivity contribution < 1.29 is 8.42 Å². The van der Waals surface area contributed by atoms with Gasteiger partial charge < -0.3 is 5.32 Å². The molecule has 20 heavy (non-hydrogen) atoms. The lowest BCUT2D eigenvalue weighted by Gasteiger charge is -2.22. The monoisotopic (exact) mass is 295 g/mol. The van der Waals surface area contributed by atoms with Crippen LogP contribution < -0.4 is 5.32 Å². The van der Waals surface area contributed by atoms with Gasteiger partial charge in [-0.05, 0) is 43.4 Å². The second kappa shape index (κ2) is 6.72. The molecule has 1 fully saturated rings. The third kappa shape index (κ3) is 3.83. The molecule has 4 heteroatoms. The van der Waals surface area contributed by atoms with E-state index < -0.39 is 9.84 Å². The van der Waals surface area contributed by atoms with E-state index in [1.807, 2.05) is 7.05 Å². The molecule has 112 valence electrons. The van der Waals surface area contributed by atoms with E-state index in [0.29, 0.717) is 11.5 Å². The average molecular weight is 295 g/mol. The Balaban J connectivity index is 2.08. The molecule has 2 unspecified atom stereocenters. The zero-order chi connectivity index (χ0) is 14.6. The summed E-state index contributed by atoms with van der Waals surface area (Å²) in [6, 6.07) is 8.80. The maximum Gasteiger partial charge on any atom is 0.150 e. The molecule has 1 N–H and O–H groups in total. The van der Waals surface area contributed by atoms with Crippen molar-refractivity contribution in [1.29, 1.82) is 0 Å². The van der Waals surface area contributed by atoms with Crippen molar-refractivity contribution in [3.63, 3.8) is 0 Å². The van der Waals surface area contributed by atoms with Gasteiger partial charge in [0, 0.05) is 6.04 Å². The highest BCUT2D eigenvalue weighted by Crippen LogP contribution is 2.31. The van der Waals surface area contributed by atoms with Crippen LogP contribution in [0.5, 0.6) is 0 Å². The predicted octanol–water partition coefficient (Wildman–Crippen LogP) is 2.72. The van der Waals surface area contributed by atoms with Crippen LogP contribution in [0, 0.1) is 5.92 Å². The second-order valence-electron chi connectivity index (χ2n) is 5.77. The van der Waals surface area contributed by atoms with Crippen LogP contribution in [-0.2, 0) is 16.3 Å². The number of nitrogens with one attached hydrogen (secondary N) is 1. The third-order valence-electron chi connectivity index (χ3n) is 4.21. The first-order valence-corrected chi connectivity index (χ1v) is 9.34. The number of aryl methyl sites for hydroxylation is 1. The molecule has 1 saturated heterocycles. The van der Waals surface area contributed by atoms with E-state index in [-0.39, 0.29) is 12.0 Å². The van der Waals surface area contributed by atoms with E-state index in [2.05, 4.69) is 36.5 Å². The second-order valence-corrected chi connectivity index (χ2v) is 8.00. The zero-order valence-corrected chi connectivity index (χ0v) is 13.2. The fourth-order valence-corrected chi connectivity index (χ4v) is 4.87. The first-order chi connectivity index (χ1) is 9.55. The van der Waals surface area contributed by atoms with E-state index in [0.717, 1.165) is 12.8 Å². The highest BCUT2D eigenvalue weighted by molar-refractivity contribution is 7.91. The lowest BCUT2D eigenvalue weighted by Crippen LogP contribution is -2.26. The van der Waals surface area contributed by atoms with Crippen LogP contribution in [0.3, 0.4) is 0 Å². The number of rotatable bonds is 6. The standard InChI is InChI=1S/C16H25NO2S/c1-3-4-5-13-6-8-14(9-7-13)16(17-2)15-10-11-20(18,19)12-15/h6-9,15-17H,3-5,10-12H2,1-2H3. The van der Waals surface area contributed by atoms with E-state index in [1.54, 1.807) is 0 Å². The maximum atomic E-state index is 11.6. The minimum atomic E-state index is -2.82. The Morgan fingerprint density at radius 3 is 2.50 bits per heavy atom. The minimum Gasteiger partial charge on any atom is -0.313 e. The van der Waals surface area contributed by atoms with Crippen LogP contribution in [-0.4, -0.2) is 27.0 Å². The van der Waals surface area contributed by atoms with Crippen LogP contribution in [0.25, 0.3) is 0 Å². The molecule has 0 bridgehead atoms. The van der Waals surface area contributed by atoms with Crippen LogP contribution in [0.1, 0.15) is 43.4 Å². The summed E-state index contributed by atoms with van der Waals surface area (Å²) in [5.74, 6) is 0.854. The molecule has 1 heterocycles. The summed E-state index contributed by atoms with van der Waals surface area (Å²) < 4.78 is 23.3. The summed E-state index contributed by atoms with van der Waals surface area (Å²) >= 11 is 0.